The van der Waals surface area contributed by atoms with Crippen LogP contribution in [0.5, 0.6) is 11.5 Å². The molecule has 0 amide bonds. The van der Waals surface area contributed by atoms with Crippen molar-refractivity contribution in [1.82, 2.24) is 9.97 Å². The van der Waals surface area contributed by atoms with E-state index >= 15 is 0 Å². The van der Waals surface area contributed by atoms with Gasteiger partial charge in [0.25, 0.3) is 0 Å². The summed E-state index contributed by atoms with van der Waals surface area (Å²) in [7, 11) is 3.51. The number of benzene rings is 1. The largest absolute Gasteiger partial charge is 0.504 e. The van der Waals surface area contributed by atoms with Crippen LogP contribution < -0.4 is 4.74 Å². The SMILES string of the molecule is COC(=O)c1nc(=S)[nH]c(C(=O)OC)c1C(=O)c1ccc(O)c(OC)c1. The number of carbonyl (C=O) groups is 3. The van der Waals surface area contributed by atoms with Gasteiger partial charge in [-0.25, -0.2) is 14.6 Å². The van der Waals surface area contributed by atoms with E-state index < -0.39 is 23.4 Å². The topological polar surface area (TPSA) is 128 Å². The number of ether oxygens (including phenoxy) is 3. The first-order valence-electron chi connectivity index (χ1n) is 7.06. The number of phenolic OH excluding ortho intramolecular Hbond substituents is 1. The Morgan fingerprint density at radius 3 is 2.35 bits per heavy atom. The molecule has 2 N–H and O–H groups in total. The summed E-state index contributed by atoms with van der Waals surface area (Å²) in [5.74, 6) is -2.77. The maximum absolute atomic E-state index is 13.0. The summed E-state index contributed by atoms with van der Waals surface area (Å²) in [5.41, 5.74) is -1.12. The van der Waals surface area contributed by atoms with Crippen molar-refractivity contribution in [2.75, 3.05) is 21.3 Å². The molecule has 0 saturated heterocycles. The molecule has 0 radical (unpaired) electrons. The summed E-state index contributed by atoms with van der Waals surface area (Å²) >= 11 is 4.89. The third-order valence-electron chi connectivity index (χ3n) is 3.37. The predicted molar refractivity (Wildman–Crippen MR) is 90.2 cm³/mol. The highest BCUT2D eigenvalue weighted by Gasteiger charge is 2.29. The fourth-order valence-electron chi connectivity index (χ4n) is 2.16. The summed E-state index contributed by atoms with van der Waals surface area (Å²) in [6.45, 7) is 0. The third-order valence-corrected chi connectivity index (χ3v) is 3.56. The first-order valence-corrected chi connectivity index (χ1v) is 7.47. The Labute approximate surface area is 152 Å². The third kappa shape index (κ3) is 3.54. The highest BCUT2D eigenvalue weighted by Crippen LogP contribution is 2.28. The average Bonchev–Trinajstić information content (AvgIpc) is 2.65. The van der Waals surface area contributed by atoms with Gasteiger partial charge in [0.1, 0.15) is 5.69 Å². The molecule has 0 aliphatic heterocycles. The van der Waals surface area contributed by atoms with E-state index in [0.717, 1.165) is 14.2 Å². The molecule has 0 bridgehead atoms. The molecule has 2 rings (SSSR count). The Morgan fingerprint density at radius 2 is 1.77 bits per heavy atom. The van der Waals surface area contributed by atoms with E-state index in [1.54, 1.807) is 0 Å². The number of hydrogen-bond acceptors (Lipinski definition) is 9. The minimum atomic E-state index is -0.954. The van der Waals surface area contributed by atoms with Gasteiger partial charge in [0, 0.05) is 5.56 Å². The van der Waals surface area contributed by atoms with E-state index in [2.05, 4.69) is 19.4 Å². The lowest BCUT2D eigenvalue weighted by atomic mass is 9.99. The normalized spacial score (nSPS) is 10.1. The zero-order valence-corrected chi connectivity index (χ0v) is 14.8. The standard InChI is InChI=1S/C16H14N2O7S/c1-23-9-6-7(4-5-8(9)19)13(20)10-11(14(21)24-2)17-16(26)18-12(10)15(22)25-3/h4-6,19H,1-3H3,(H,17,18,26). The van der Waals surface area contributed by atoms with E-state index in [9.17, 15) is 19.5 Å². The van der Waals surface area contributed by atoms with E-state index in [1.807, 2.05) is 0 Å². The molecule has 136 valence electrons. The van der Waals surface area contributed by atoms with Gasteiger partial charge in [0.15, 0.2) is 27.7 Å². The number of ketones is 1. The molecule has 26 heavy (non-hydrogen) atoms. The van der Waals surface area contributed by atoms with Crippen LogP contribution in [0.25, 0.3) is 0 Å². The highest BCUT2D eigenvalue weighted by molar-refractivity contribution is 7.71. The molecule has 0 aliphatic rings. The first kappa shape index (κ1) is 19.1. The highest BCUT2D eigenvalue weighted by atomic mass is 32.1. The van der Waals surface area contributed by atoms with Crippen molar-refractivity contribution in [3.05, 3.63) is 45.5 Å². The van der Waals surface area contributed by atoms with Crippen molar-refractivity contribution in [1.29, 1.82) is 0 Å². The Balaban J connectivity index is 2.77. The van der Waals surface area contributed by atoms with Crippen molar-refractivity contribution < 1.29 is 33.7 Å². The van der Waals surface area contributed by atoms with Crippen LogP contribution in [0.3, 0.4) is 0 Å². The second kappa shape index (κ2) is 7.74. The maximum atomic E-state index is 13.0. The maximum Gasteiger partial charge on any atom is 0.357 e. The number of esters is 2. The number of aromatic hydroxyl groups is 1. The number of phenols is 1. The molecule has 0 atom stereocenters. The second-order valence-corrected chi connectivity index (χ2v) is 5.23. The molecular weight excluding hydrogens is 364 g/mol. The van der Waals surface area contributed by atoms with Gasteiger partial charge in [-0.15, -0.1) is 0 Å². The monoisotopic (exact) mass is 378 g/mol. The number of rotatable bonds is 5. The molecular formula is C16H14N2O7S. The molecule has 2 aromatic rings. The van der Waals surface area contributed by atoms with Crippen molar-refractivity contribution in [3.8, 4) is 11.5 Å². The number of aromatic amines is 1. The van der Waals surface area contributed by atoms with Crippen LogP contribution in [-0.2, 0) is 9.47 Å². The molecule has 0 fully saturated rings. The molecule has 0 unspecified atom stereocenters. The van der Waals surface area contributed by atoms with Gasteiger partial charge in [-0.2, -0.15) is 0 Å². The number of nitrogens with one attached hydrogen (secondary N) is 1. The van der Waals surface area contributed by atoms with Crippen LogP contribution in [-0.4, -0.2) is 54.1 Å². The number of aromatic nitrogens is 2. The summed E-state index contributed by atoms with van der Waals surface area (Å²) in [4.78, 5) is 43.3. The van der Waals surface area contributed by atoms with E-state index in [1.165, 1.54) is 25.3 Å². The van der Waals surface area contributed by atoms with Crippen molar-refractivity contribution in [3.63, 3.8) is 0 Å². The van der Waals surface area contributed by atoms with Gasteiger partial charge in [0.05, 0.1) is 26.9 Å². The predicted octanol–water partition coefficient (Wildman–Crippen LogP) is 1.66. The zero-order chi connectivity index (χ0) is 19.4. The van der Waals surface area contributed by atoms with E-state index in [4.69, 9.17) is 17.0 Å². The molecule has 0 aliphatic carbocycles. The fourth-order valence-corrected chi connectivity index (χ4v) is 2.35. The Hall–Kier alpha value is -3.27. The first-order chi connectivity index (χ1) is 12.3. The lowest BCUT2D eigenvalue weighted by Gasteiger charge is -2.12. The van der Waals surface area contributed by atoms with Crippen molar-refractivity contribution in [2.24, 2.45) is 0 Å². The molecule has 1 aromatic heterocycles. The lowest BCUT2D eigenvalue weighted by molar-refractivity contribution is 0.0582. The summed E-state index contributed by atoms with van der Waals surface area (Å²) in [5, 5.41) is 9.67. The lowest BCUT2D eigenvalue weighted by Crippen LogP contribution is -2.21. The zero-order valence-electron chi connectivity index (χ0n) is 14.0. The van der Waals surface area contributed by atoms with Crippen LogP contribution in [0.15, 0.2) is 18.2 Å². The molecule has 0 saturated carbocycles. The van der Waals surface area contributed by atoms with Crippen LogP contribution in [0, 0.1) is 4.77 Å². The van der Waals surface area contributed by atoms with E-state index in [-0.39, 0.29) is 33.1 Å². The van der Waals surface area contributed by atoms with Gasteiger partial charge in [-0.3, -0.25) is 4.79 Å². The van der Waals surface area contributed by atoms with Crippen LogP contribution in [0.1, 0.15) is 36.9 Å². The summed E-state index contributed by atoms with van der Waals surface area (Å²) in [6, 6.07) is 3.78. The fraction of sp³-hybridized carbons (Fsp3) is 0.188. The van der Waals surface area contributed by atoms with Gasteiger partial charge < -0.3 is 24.3 Å². The quantitative estimate of drug-likeness (QED) is 0.453. The number of methoxy groups -OCH3 is 3. The number of carbonyl (C=O) groups excluding carboxylic acids is 3. The van der Waals surface area contributed by atoms with Gasteiger partial charge >= 0.3 is 11.9 Å². The van der Waals surface area contributed by atoms with Crippen molar-refractivity contribution in [2.45, 2.75) is 0 Å². The van der Waals surface area contributed by atoms with E-state index in [0.29, 0.717) is 0 Å². The molecule has 10 heteroatoms. The molecule has 1 heterocycles. The summed E-state index contributed by atoms with van der Waals surface area (Å²) < 4.78 is 14.0. The molecule has 1 aromatic carbocycles. The number of nitrogens with zero attached hydrogens (tertiary/aromatic N) is 1. The Morgan fingerprint density at radius 1 is 1.12 bits per heavy atom. The summed E-state index contributed by atoms with van der Waals surface area (Å²) in [6.07, 6.45) is 0. The number of H-pyrrole nitrogens is 1. The minimum Gasteiger partial charge on any atom is -0.504 e. The van der Waals surface area contributed by atoms with Gasteiger partial charge in [0.2, 0.25) is 0 Å². The number of hydrogen-bond donors (Lipinski definition) is 2. The van der Waals surface area contributed by atoms with Crippen LogP contribution >= 0.6 is 12.2 Å². The molecule has 9 nitrogen and oxygen atoms in total. The Bertz CT molecular complexity index is 912. The second-order valence-electron chi connectivity index (χ2n) is 4.84. The average molecular weight is 378 g/mol. The van der Waals surface area contributed by atoms with Crippen LogP contribution in [0.2, 0.25) is 0 Å². The Kier molecular flexibility index (Phi) is 5.68. The van der Waals surface area contributed by atoms with Crippen LogP contribution in [0.4, 0.5) is 0 Å². The molecule has 0 spiro atoms. The van der Waals surface area contributed by atoms with Crippen molar-refractivity contribution >= 4 is 29.9 Å². The van der Waals surface area contributed by atoms with Gasteiger partial charge in [-0.05, 0) is 30.4 Å². The smallest absolute Gasteiger partial charge is 0.357 e. The van der Waals surface area contributed by atoms with Gasteiger partial charge in [-0.1, -0.05) is 0 Å². The minimum absolute atomic E-state index is 0.0299.